The molecule has 1 unspecified atom stereocenters. The van der Waals surface area contributed by atoms with E-state index in [0.29, 0.717) is 16.8 Å². The van der Waals surface area contributed by atoms with Gasteiger partial charge in [-0.3, -0.25) is 9.59 Å². The Morgan fingerprint density at radius 1 is 1.03 bits per heavy atom. The Morgan fingerprint density at radius 3 is 2.62 bits per heavy atom. The third-order valence-corrected chi connectivity index (χ3v) is 5.18. The van der Waals surface area contributed by atoms with Gasteiger partial charge in [-0.2, -0.15) is 0 Å². The molecule has 29 heavy (non-hydrogen) atoms. The molecule has 1 aromatic heterocycles. The van der Waals surface area contributed by atoms with E-state index >= 15 is 0 Å². The molecular weight excluding hydrogens is 366 g/mol. The highest BCUT2D eigenvalue weighted by atomic mass is 16.3. The molecule has 2 amide bonds. The molecule has 1 aliphatic rings. The third-order valence-electron chi connectivity index (χ3n) is 5.18. The van der Waals surface area contributed by atoms with Gasteiger partial charge in [0.2, 0.25) is 0 Å². The first-order valence-electron chi connectivity index (χ1n) is 9.65. The van der Waals surface area contributed by atoms with Crippen LogP contribution in [-0.2, 0) is 0 Å². The number of anilines is 2. The molecule has 4 rings (SSSR count). The molecule has 0 aliphatic carbocycles. The summed E-state index contributed by atoms with van der Waals surface area (Å²) in [6.45, 7) is 3.59. The van der Waals surface area contributed by atoms with Crippen LogP contribution in [0.15, 0.2) is 71.5 Å². The van der Waals surface area contributed by atoms with Gasteiger partial charge in [0, 0.05) is 36.1 Å². The van der Waals surface area contributed by atoms with E-state index in [0.717, 1.165) is 25.1 Å². The molecule has 1 saturated heterocycles. The van der Waals surface area contributed by atoms with Gasteiger partial charge in [0.1, 0.15) is 6.26 Å². The smallest absolute Gasteiger partial charge is 0.258 e. The van der Waals surface area contributed by atoms with Crippen LogP contribution in [0.4, 0.5) is 11.4 Å². The number of carbonyl (C=O) groups is 2. The highest BCUT2D eigenvalue weighted by Gasteiger charge is 2.24. The quantitative estimate of drug-likeness (QED) is 0.695. The summed E-state index contributed by atoms with van der Waals surface area (Å²) in [6, 6.07) is 17.2. The van der Waals surface area contributed by atoms with E-state index in [1.807, 2.05) is 31.2 Å². The predicted octanol–water partition coefficient (Wildman–Crippen LogP) is 3.85. The van der Waals surface area contributed by atoms with E-state index in [4.69, 9.17) is 4.42 Å². The van der Waals surface area contributed by atoms with Crippen LogP contribution in [0.5, 0.6) is 0 Å². The number of para-hydroxylation sites is 1. The zero-order valence-corrected chi connectivity index (χ0v) is 16.2. The van der Waals surface area contributed by atoms with Crippen molar-refractivity contribution in [3.63, 3.8) is 0 Å². The van der Waals surface area contributed by atoms with Crippen molar-refractivity contribution in [2.75, 3.05) is 23.3 Å². The number of hydrogen-bond donors (Lipinski definition) is 2. The summed E-state index contributed by atoms with van der Waals surface area (Å²) in [7, 11) is 0. The lowest BCUT2D eigenvalue weighted by molar-refractivity contribution is 0.0939. The average molecular weight is 389 g/mol. The normalized spacial score (nSPS) is 15.9. The molecule has 0 radical (unpaired) electrons. The van der Waals surface area contributed by atoms with Crippen LogP contribution in [0, 0.1) is 6.92 Å². The van der Waals surface area contributed by atoms with E-state index < -0.39 is 0 Å². The van der Waals surface area contributed by atoms with Gasteiger partial charge in [-0.1, -0.05) is 24.3 Å². The molecule has 0 saturated carbocycles. The number of nitrogens with one attached hydrogen (secondary N) is 2. The van der Waals surface area contributed by atoms with Gasteiger partial charge in [0.25, 0.3) is 11.8 Å². The molecule has 2 N–H and O–H groups in total. The van der Waals surface area contributed by atoms with Crippen molar-refractivity contribution in [2.24, 2.45) is 0 Å². The zero-order valence-electron chi connectivity index (χ0n) is 16.2. The number of benzene rings is 2. The minimum Gasteiger partial charge on any atom is -0.472 e. The van der Waals surface area contributed by atoms with Gasteiger partial charge in [0.15, 0.2) is 0 Å². The van der Waals surface area contributed by atoms with Gasteiger partial charge >= 0.3 is 0 Å². The maximum Gasteiger partial charge on any atom is 0.258 e. The molecule has 1 fully saturated rings. The number of carbonyl (C=O) groups excluding carboxylic acids is 2. The fraction of sp³-hybridized carbons (Fsp3) is 0.217. The first-order chi connectivity index (χ1) is 14.1. The van der Waals surface area contributed by atoms with Crippen LogP contribution >= 0.6 is 0 Å². The van der Waals surface area contributed by atoms with Crippen molar-refractivity contribution in [3.05, 3.63) is 83.8 Å². The largest absolute Gasteiger partial charge is 0.472 e. The summed E-state index contributed by atoms with van der Waals surface area (Å²) in [5, 5.41) is 5.96. The number of hydrogen-bond acceptors (Lipinski definition) is 4. The van der Waals surface area contributed by atoms with Crippen molar-refractivity contribution in [3.8, 4) is 0 Å². The monoisotopic (exact) mass is 389 g/mol. The lowest BCUT2D eigenvalue weighted by Crippen LogP contribution is -2.37. The maximum absolute atomic E-state index is 12.8. The van der Waals surface area contributed by atoms with E-state index in [2.05, 4.69) is 27.7 Å². The Kier molecular flexibility index (Phi) is 5.33. The summed E-state index contributed by atoms with van der Waals surface area (Å²) < 4.78 is 4.95. The fourth-order valence-electron chi connectivity index (χ4n) is 3.51. The minimum atomic E-state index is -0.270. The van der Waals surface area contributed by atoms with Crippen molar-refractivity contribution in [1.82, 2.24) is 5.32 Å². The van der Waals surface area contributed by atoms with Crippen molar-refractivity contribution in [2.45, 2.75) is 19.4 Å². The van der Waals surface area contributed by atoms with Gasteiger partial charge in [-0.05, 0) is 49.2 Å². The summed E-state index contributed by atoms with van der Waals surface area (Å²) >= 11 is 0. The lowest BCUT2D eigenvalue weighted by atomic mass is 10.1. The second-order valence-electron chi connectivity index (χ2n) is 7.24. The van der Waals surface area contributed by atoms with Crippen molar-refractivity contribution >= 4 is 23.2 Å². The van der Waals surface area contributed by atoms with Crippen LogP contribution in [0.1, 0.15) is 32.7 Å². The fourth-order valence-corrected chi connectivity index (χ4v) is 3.51. The zero-order chi connectivity index (χ0) is 20.2. The third kappa shape index (κ3) is 4.32. The number of aryl methyl sites for hydroxylation is 1. The number of furan rings is 1. The Bertz CT molecular complexity index is 999. The van der Waals surface area contributed by atoms with Crippen LogP contribution < -0.4 is 15.5 Å². The Balaban J connectivity index is 1.41. The lowest BCUT2D eigenvalue weighted by Gasteiger charge is -2.19. The number of rotatable bonds is 5. The summed E-state index contributed by atoms with van der Waals surface area (Å²) in [5.41, 5.74) is 3.63. The SMILES string of the molecule is Cc1ccc(C(=O)NC2CCN(c3ccccc3)C2)cc1NC(=O)c1ccoc1. The standard InChI is InChI=1S/C23H23N3O3/c1-16-7-8-17(13-21(16)25-23(28)18-10-12-29-15-18)22(27)24-19-9-11-26(14-19)20-5-3-2-4-6-20/h2-8,10,12-13,15,19H,9,11,14H2,1H3,(H,24,27)(H,25,28). The van der Waals surface area contributed by atoms with Crippen molar-refractivity contribution < 1.29 is 14.0 Å². The van der Waals surface area contributed by atoms with E-state index in [9.17, 15) is 9.59 Å². The molecule has 2 heterocycles. The number of nitrogens with zero attached hydrogens (tertiary/aromatic N) is 1. The molecule has 0 spiro atoms. The molecule has 148 valence electrons. The second kappa shape index (κ2) is 8.22. The van der Waals surface area contributed by atoms with Crippen molar-refractivity contribution in [1.29, 1.82) is 0 Å². The Labute approximate surface area is 169 Å². The Morgan fingerprint density at radius 2 is 1.86 bits per heavy atom. The average Bonchev–Trinajstić information content (AvgIpc) is 3.42. The van der Waals surface area contributed by atoms with Crippen LogP contribution in [0.2, 0.25) is 0 Å². The van der Waals surface area contributed by atoms with Crippen LogP contribution in [0.3, 0.4) is 0 Å². The van der Waals surface area contributed by atoms with E-state index in [1.54, 1.807) is 18.2 Å². The summed E-state index contributed by atoms with van der Waals surface area (Å²) in [4.78, 5) is 27.3. The molecule has 3 aromatic rings. The van der Waals surface area contributed by atoms with Gasteiger partial charge in [-0.25, -0.2) is 0 Å². The maximum atomic E-state index is 12.8. The predicted molar refractivity (Wildman–Crippen MR) is 112 cm³/mol. The topological polar surface area (TPSA) is 74.6 Å². The van der Waals surface area contributed by atoms with Gasteiger partial charge < -0.3 is 20.0 Å². The molecule has 1 aliphatic heterocycles. The Hall–Kier alpha value is -3.54. The molecule has 0 bridgehead atoms. The van der Waals surface area contributed by atoms with E-state index in [-0.39, 0.29) is 17.9 Å². The first kappa shape index (κ1) is 18.8. The van der Waals surface area contributed by atoms with Crippen LogP contribution in [0.25, 0.3) is 0 Å². The molecule has 6 heteroatoms. The highest BCUT2D eigenvalue weighted by molar-refractivity contribution is 6.05. The first-order valence-corrected chi connectivity index (χ1v) is 9.65. The molecular formula is C23H23N3O3. The molecule has 2 aromatic carbocycles. The highest BCUT2D eigenvalue weighted by Crippen LogP contribution is 2.21. The van der Waals surface area contributed by atoms with Gasteiger partial charge in [0.05, 0.1) is 11.8 Å². The minimum absolute atomic E-state index is 0.0907. The second-order valence-corrected chi connectivity index (χ2v) is 7.24. The summed E-state index contributed by atoms with van der Waals surface area (Å²) in [6.07, 6.45) is 3.74. The van der Waals surface area contributed by atoms with E-state index in [1.165, 1.54) is 18.2 Å². The van der Waals surface area contributed by atoms with Crippen LogP contribution in [-0.4, -0.2) is 30.9 Å². The van der Waals surface area contributed by atoms with Gasteiger partial charge in [-0.15, -0.1) is 0 Å². The molecule has 6 nitrogen and oxygen atoms in total. The number of amides is 2. The molecule has 1 atom stereocenters. The summed E-state index contributed by atoms with van der Waals surface area (Å²) in [5.74, 6) is -0.405.